The summed E-state index contributed by atoms with van der Waals surface area (Å²) < 4.78 is 0. The Morgan fingerprint density at radius 2 is 1.79 bits per heavy atom. The van der Waals surface area contributed by atoms with Crippen molar-refractivity contribution >= 4 is 0 Å². The number of aryl methyl sites for hydroxylation is 2. The number of aromatic nitrogens is 2. The van der Waals surface area contributed by atoms with Gasteiger partial charge in [0.2, 0.25) is 0 Å². The summed E-state index contributed by atoms with van der Waals surface area (Å²) in [6.07, 6.45) is 0. The minimum absolute atomic E-state index is 0.753. The van der Waals surface area contributed by atoms with Gasteiger partial charge in [-0.25, -0.2) is 9.97 Å². The molecule has 2 heteroatoms. The Hall–Kier alpha value is -1.70. The fraction of sp³-hybridized carbons (Fsp3) is 0.167. The van der Waals surface area contributed by atoms with Crippen molar-refractivity contribution in [2.24, 2.45) is 0 Å². The summed E-state index contributed by atoms with van der Waals surface area (Å²) in [7, 11) is 0. The average molecular weight is 183 g/mol. The lowest BCUT2D eigenvalue weighted by Crippen LogP contribution is -1.93. The van der Waals surface area contributed by atoms with Crippen LogP contribution in [0.5, 0.6) is 0 Å². The minimum Gasteiger partial charge on any atom is -0.233 e. The van der Waals surface area contributed by atoms with E-state index in [4.69, 9.17) is 0 Å². The summed E-state index contributed by atoms with van der Waals surface area (Å²) in [5.74, 6) is 0.753. The molecule has 0 unspecified atom stereocenters. The van der Waals surface area contributed by atoms with Gasteiger partial charge in [0.15, 0.2) is 5.82 Å². The molecule has 0 atom stereocenters. The molecular formula is C12H11N2. The third kappa shape index (κ3) is 1.79. The topological polar surface area (TPSA) is 25.8 Å². The van der Waals surface area contributed by atoms with Gasteiger partial charge in [-0.2, -0.15) is 0 Å². The molecule has 1 heterocycles. The molecule has 2 nitrogen and oxygen atoms in total. The Balaban J connectivity index is 2.52. The van der Waals surface area contributed by atoms with E-state index in [-0.39, 0.29) is 0 Å². The summed E-state index contributed by atoms with van der Waals surface area (Å²) in [4.78, 5) is 8.72. The summed E-state index contributed by atoms with van der Waals surface area (Å²) >= 11 is 0. The lowest BCUT2D eigenvalue weighted by Gasteiger charge is -2.01. The van der Waals surface area contributed by atoms with E-state index in [0.717, 1.165) is 22.8 Å². The second-order valence-electron chi connectivity index (χ2n) is 3.25. The van der Waals surface area contributed by atoms with Crippen LogP contribution in [0.25, 0.3) is 11.4 Å². The summed E-state index contributed by atoms with van der Waals surface area (Å²) in [6.45, 7) is 3.95. The van der Waals surface area contributed by atoms with Gasteiger partial charge >= 0.3 is 0 Å². The first-order valence-corrected chi connectivity index (χ1v) is 4.55. The third-order valence-electron chi connectivity index (χ3n) is 1.93. The van der Waals surface area contributed by atoms with E-state index in [0.29, 0.717) is 0 Å². The molecule has 2 aromatic rings. The van der Waals surface area contributed by atoms with Crippen LogP contribution in [0.4, 0.5) is 0 Å². The highest BCUT2D eigenvalue weighted by Gasteiger charge is 2.01. The standard InChI is InChI=1S/C12H11N2/c1-9-8-10(2)14-12(13-9)11-6-4-3-5-7-11/h3-6,8H,1-2H3. The predicted octanol–water partition coefficient (Wildman–Crippen LogP) is 2.56. The second kappa shape index (κ2) is 3.58. The van der Waals surface area contributed by atoms with Crippen LogP contribution in [0.15, 0.2) is 30.3 Å². The van der Waals surface area contributed by atoms with Crippen LogP contribution >= 0.6 is 0 Å². The van der Waals surface area contributed by atoms with Crippen molar-refractivity contribution in [1.29, 1.82) is 0 Å². The molecule has 0 aliphatic carbocycles. The zero-order valence-corrected chi connectivity index (χ0v) is 8.28. The molecule has 1 radical (unpaired) electrons. The number of nitrogens with zero attached hydrogens (tertiary/aromatic N) is 2. The van der Waals surface area contributed by atoms with Crippen LogP contribution in [0.3, 0.4) is 0 Å². The van der Waals surface area contributed by atoms with Crippen LogP contribution in [-0.2, 0) is 0 Å². The first-order chi connectivity index (χ1) is 6.75. The fourth-order valence-electron chi connectivity index (χ4n) is 1.38. The van der Waals surface area contributed by atoms with E-state index in [1.807, 2.05) is 44.2 Å². The van der Waals surface area contributed by atoms with Crippen molar-refractivity contribution in [1.82, 2.24) is 9.97 Å². The highest BCUT2D eigenvalue weighted by Crippen LogP contribution is 2.13. The lowest BCUT2D eigenvalue weighted by molar-refractivity contribution is 1.06. The normalized spacial score (nSPS) is 10.1. The van der Waals surface area contributed by atoms with Crippen LogP contribution in [0.2, 0.25) is 0 Å². The zero-order chi connectivity index (χ0) is 9.97. The minimum atomic E-state index is 0.753. The molecule has 0 N–H and O–H groups in total. The van der Waals surface area contributed by atoms with E-state index in [1.165, 1.54) is 0 Å². The Morgan fingerprint density at radius 3 is 2.36 bits per heavy atom. The SMILES string of the molecule is Cc1cc(C)nc(-c2[c]cccc2)n1. The maximum absolute atomic E-state index is 4.36. The summed E-state index contributed by atoms with van der Waals surface area (Å²) in [5.41, 5.74) is 2.92. The van der Waals surface area contributed by atoms with Crippen molar-refractivity contribution in [3.05, 3.63) is 47.8 Å². The van der Waals surface area contributed by atoms with Crippen molar-refractivity contribution in [2.45, 2.75) is 13.8 Å². The average Bonchev–Trinajstić information content (AvgIpc) is 2.18. The van der Waals surface area contributed by atoms with Gasteiger partial charge in [-0.15, -0.1) is 0 Å². The molecule has 2 rings (SSSR count). The first-order valence-electron chi connectivity index (χ1n) is 4.55. The molecule has 0 aliphatic rings. The van der Waals surface area contributed by atoms with Crippen molar-refractivity contribution in [2.75, 3.05) is 0 Å². The lowest BCUT2D eigenvalue weighted by atomic mass is 10.2. The van der Waals surface area contributed by atoms with E-state index < -0.39 is 0 Å². The molecule has 0 fully saturated rings. The number of hydrogen-bond donors (Lipinski definition) is 0. The number of benzene rings is 1. The van der Waals surface area contributed by atoms with Gasteiger partial charge in [0.25, 0.3) is 0 Å². The summed E-state index contributed by atoms with van der Waals surface area (Å²) in [6, 6.07) is 12.8. The molecule has 69 valence electrons. The van der Waals surface area contributed by atoms with Crippen LogP contribution in [-0.4, -0.2) is 9.97 Å². The smallest absolute Gasteiger partial charge is 0.160 e. The molecule has 0 amide bonds. The first kappa shape index (κ1) is 8.88. The van der Waals surface area contributed by atoms with Gasteiger partial charge in [-0.1, -0.05) is 24.3 Å². The Bertz CT molecular complexity index is 415. The largest absolute Gasteiger partial charge is 0.233 e. The quantitative estimate of drug-likeness (QED) is 0.679. The predicted molar refractivity (Wildman–Crippen MR) is 55.8 cm³/mol. The second-order valence-corrected chi connectivity index (χ2v) is 3.25. The molecule has 14 heavy (non-hydrogen) atoms. The molecular weight excluding hydrogens is 172 g/mol. The molecule has 0 saturated heterocycles. The molecule has 0 aliphatic heterocycles. The molecule has 0 spiro atoms. The van der Waals surface area contributed by atoms with Gasteiger partial charge in [0.1, 0.15) is 0 Å². The van der Waals surface area contributed by atoms with E-state index in [9.17, 15) is 0 Å². The Labute approximate surface area is 83.7 Å². The van der Waals surface area contributed by atoms with Gasteiger partial charge in [0, 0.05) is 17.0 Å². The van der Waals surface area contributed by atoms with Gasteiger partial charge in [-0.3, -0.25) is 0 Å². The molecule has 0 saturated carbocycles. The maximum Gasteiger partial charge on any atom is 0.160 e. The molecule has 1 aromatic heterocycles. The highest BCUT2D eigenvalue weighted by atomic mass is 14.9. The van der Waals surface area contributed by atoms with Crippen LogP contribution in [0.1, 0.15) is 11.4 Å². The molecule has 0 bridgehead atoms. The third-order valence-corrected chi connectivity index (χ3v) is 1.93. The van der Waals surface area contributed by atoms with Crippen LogP contribution < -0.4 is 0 Å². The summed E-state index contributed by atoms with van der Waals surface area (Å²) in [5, 5.41) is 0. The maximum atomic E-state index is 4.36. The monoisotopic (exact) mass is 183 g/mol. The Kier molecular flexibility index (Phi) is 2.27. The highest BCUT2D eigenvalue weighted by molar-refractivity contribution is 5.53. The fourth-order valence-corrected chi connectivity index (χ4v) is 1.38. The van der Waals surface area contributed by atoms with Gasteiger partial charge in [-0.05, 0) is 26.0 Å². The number of hydrogen-bond acceptors (Lipinski definition) is 2. The van der Waals surface area contributed by atoms with E-state index in [2.05, 4.69) is 16.0 Å². The van der Waals surface area contributed by atoms with Gasteiger partial charge < -0.3 is 0 Å². The molecule has 1 aromatic carbocycles. The van der Waals surface area contributed by atoms with E-state index >= 15 is 0 Å². The van der Waals surface area contributed by atoms with Crippen molar-refractivity contribution in [3.63, 3.8) is 0 Å². The number of rotatable bonds is 1. The van der Waals surface area contributed by atoms with Crippen LogP contribution in [0, 0.1) is 19.9 Å². The van der Waals surface area contributed by atoms with Crippen molar-refractivity contribution in [3.8, 4) is 11.4 Å². The Morgan fingerprint density at radius 1 is 1.07 bits per heavy atom. The van der Waals surface area contributed by atoms with Crippen molar-refractivity contribution < 1.29 is 0 Å². The van der Waals surface area contributed by atoms with Gasteiger partial charge in [0.05, 0.1) is 0 Å². The zero-order valence-electron chi connectivity index (χ0n) is 8.28. The van der Waals surface area contributed by atoms with E-state index in [1.54, 1.807) is 0 Å².